The minimum atomic E-state index is -0.209. The van der Waals surface area contributed by atoms with Crippen molar-refractivity contribution in [2.45, 2.75) is 71.8 Å². The van der Waals surface area contributed by atoms with E-state index in [9.17, 15) is 9.90 Å². The summed E-state index contributed by atoms with van der Waals surface area (Å²) in [5.41, 5.74) is 4.70. The van der Waals surface area contributed by atoms with Crippen molar-refractivity contribution in [3.63, 3.8) is 0 Å². The first-order valence-electron chi connectivity index (χ1n) is 11.4. The number of aliphatic hydroxyl groups is 1. The number of allylic oxidation sites excluding steroid dienone is 2. The average Bonchev–Trinajstić information content (AvgIpc) is 3.14. The zero-order valence-corrected chi connectivity index (χ0v) is 18.2. The number of aliphatic hydroxyl groups excluding tert-OH is 1. The molecule has 0 amide bonds. The number of nitrogens with zero attached hydrogens (tertiary/aromatic N) is 2. The summed E-state index contributed by atoms with van der Waals surface area (Å²) in [4.78, 5) is 13.5. The predicted octanol–water partition coefficient (Wildman–Crippen LogP) is 4.61. The van der Waals surface area contributed by atoms with Gasteiger partial charge in [-0.05, 0) is 86.7 Å². The van der Waals surface area contributed by atoms with E-state index in [2.05, 4.69) is 38.0 Å². The molecule has 0 spiro atoms. The van der Waals surface area contributed by atoms with Crippen LogP contribution in [0.2, 0.25) is 0 Å². The van der Waals surface area contributed by atoms with Crippen LogP contribution in [0, 0.1) is 35.5 Å². The van der Waals surface area contributed by atoms with Crippen molar-refractivity contribution in [3.05, 3.63) is 34.7 Å². The lowest BCUT2D eigenvalue weighted by atomic mass is 9.48. The molecule has 6 atom stereocenters. The minimum Gasteiger partial charge on any atom is -0.393 e. The third kappa shape index (κ3) is 2.67. The Morgan fingerprint density at radius 2 is 1.93 bits per heavy atom. The van der Waals surface area contributed by atoms with Gasteiger partial charge in [-0.15, -0.1) is 0 Å². The second-order valence-electron chi connectivity index (χ2n) is 10.6. The fourth-order valence-corrected chi connectivity index (χ4v) is 7.29. The Morgan fingerprint density at radius 1 is 1.17 bits per heavy atom. The van der Waals surface area contributed by atoms with Crippen LogP contribution >= 0.6 is 0 Å². The summed E-state index contributed by atoms with van der Waals surface area (Å²) in [6.07, 6.45) is 13.3. The summed E-state index contributed by atoms with van der Waals surface area (Å²) < 4.78 is 1.88. The van der Waals surface area contributed by atoms with Crippen molar-refractivity contribution in [3.8, 4) is 0 Å². The smallest absolute Gasteiger partial charge is 0.165 e. The molecule has 0 unspecified atom stereocenters. The topological polar surface area (TPSA) is 55.1 Å². The Balaban J connectivity index is 1.49. The molecule has 4 nitrogen and oxygen atoms in total. The number of fused-ring (bicyclic) bond motifs is 5. The lowest BCUT2D eigenvalue weighted by molar-refractivity contribution is -0.130. The standard InChI is InChI=1S/C25H34N2O2/c1-15-17(14-26-27(15)4)11-16-12-22-20-6-5-18-13-19(28)7-9-24(18,2)21(20)8-10-25(22,3)23(16)29/h5,11,14,19-22,28H,6-10,12-13H2,1-4H3/b16-11-/t19-,20-,21+,22+,24+,25+/m1/s1. The first-order chi connectivity index (χ1) is 13.7. The summed E-state index contributed by atoms with van der Waals surface area (Å²) in [5.74, 6) is 2.06. The number of carbonyl (C=O) groups is 1. The van der Waals surface area contributed by atoms with E-state index in [0.717, 1.165) is 61.8 Å². The van der Waals surface area contributed by atoms with Crippen LogP contribution in [0.4, 0.5) is 0 Å². The van der Waals surface area contributed by atoms with Crippen LogP contribution in [0.5, 0.6) is 0 Å². The Morgan fingerprint density at radius 3 is 2.66 bits per heavy atom. The molecule has 1 N–H and O–H groups in total. The van der Waals surface area contributed by atoms with Crippen molar-refractivity contribution >= 4 is 11.9 Å². The zero-order valence-electron chi connectivity index (χ0n) is 18.2. The van der Waals surface area contributed by atoms with Gasteiger partial charge in [0.2, 0.25) is 0 Å². The van der Waals surface area contributed by atoms with Crippen molar-refractivity contribution in [2.75, 3.05) is 0 Å². The number of aryl methyl sites for hydroxylation is 1. The molecule has 5 rings (SSSR count). The van der Waals surface area contributed by atoms with Crippen molar-refractivity contribution < 1.29 is 9.90 Å². The van der Waals surface area contributed by atoms with Gasteiger partial charge in [0.05, 0.1) is 12.3 Å². The molecule has 1 aromatic rings. The van der Waals surface area contributed by atoms with E-state index in [1.54, 1.807) is 0 Å². The third-order valence-electron chi connectivity index (χ3n) is 9.32. The van der Waals surface area contributed by atoms with Gasteiger partial charge in [-0.3, -0.25) is 9.48 Å². The fraction of sp³-hybridized carbons (Fsp3) is 0.680. The van der Waals surface area contributed by atoms with Gasteiger partial charge >= 0.3 is 0 Å². The predicted molar refractivity (Wildman–Crippen MR) is 114 cm³/mol. The molecule has 29 heavy (non-hydrogen) atoms. The molecule has 4 aliphatic carbocycles. The number of rotatable bonds is 1. The molecular weight excluding hydrogens is 360 g/mol. The van der Waals surface area contributed by atoms with E-state index >= 15 is 0 Å². The molecule has 3 saturated carbocycles. The molecule has 0 saturated heterocycles. The van der Waals surface area contributed by atoms with Crippen LogP contribution in [0.3, 0.4) is 0 Å². The molecular formula is C25H34N2O2. The van der Waals surface area contributed by atoms with E-state index in [1.807, 2.05) is 17.9 Å². The van der Waals surface area contributed by atoms with Gasteiger partial charge in [-0.1, -0.05) is 25.5 Å². The highest BCUT2D eigenvalue weighted by Crippen LogP contribution is 2.64. The van der Waals surface area contributed by atoms with Gasteiger partial charge in [-0.25, -0.2) is 0 Å². The van der Waals surface area contributed by atoms with Gasteiger partial charge in [0.1, 0.15) is 0 Å². The highest BCUT2D eigenvalue weighted by molar-refractivity contribution is 6.06. The molecule has 0 aromatic carbocycles. The van der Waals surface area contributed by atoms with Crippen LogP contribution in [0.15, 0.2) is 23.4 Å². The summed E-state index contributed by atoms with van der Waals surface area (Å²) >= 11 is 0. The summed E-state index contributed by atoms with van der Waals surface area (Å²) in [6.45, 7) is 6.74. The van der Waals surface area contributed by atoms with Crippen LogP contribution in [0.25, 0.3) is 6.08 Å². The minimum absolute atomic E-state index is 0.162. The maximum absolute atomic E-state index is 13.5. The van der Waals surface area contributed by atoms with Gasteiger partial charge < -0.3 is 5.11 Å². The Kier molecular flexibility index (Phi) is 4.26. The van der Waals surface area contributed by atoms with E-state index in [4.69, 9.17) is 0 Å². The second kappa shape index (κ2) is 6.41. The quantitative estimate of drug-likeness (QED) is 0.559. The number of hydrogen-bond acceptors (Lipinski definition) is 3. The Labute approximate surface area is 174 Å². The van der Waals surface area contributed by atoms with Crippen LogP contribution in [-0.4, -0.2) is 26.8 Å². The lowest BCUT2D eigenvalue weighted by Crippen LogP contribution is -2.50. The number of Topliss-reactive ketones (excluding diaryl/α,β-unsaturated/α-hetero) is 1. The fourth-order valence-electron chi connectivity index (χ4n) is 7.29. The number of aromatic nitrogens is 2. The largest absolute Gasteiger partial charge is 0.393 e. The molecule has 3 fully saturated rings. The third-order valence-corrected chi connectivity index (χ3v) is 9.32. The highest BCUT2D eigenvalue weighted by Gasteiger charge is 2.59. The van der Waals surface area contributed by atoms with Crippen LogP contribution in [-0.2, 0) is 11.8 Å². The van der Waals surface area contributed by atoms with Crippen LogP contribution in [0.1, 0.15) is 70.1 Å². The van der Waals surface area contributed by atoms with E-state index in [0.29, 0.717) is 23.5 Å². The molecule has 0 radical (unpaired) electrons. The Bertz CT molecular complexity index is 925. The first-order valence-corrected chi connectivity index (χ1v) is 11.4. The monoisotopic (exact) mass is 394 g/mol. The maximum Gasteiger partial charge on any atom is 0.165 e. The molecule has 1 heterocycles. The summed E-state index contributed by atoms with van der Waals surface area (Å²) in [7, 11) is 1.95. The number of carbonyl (C=O) groups excluding carboxylic acids is 1. The normalized spacial score (nSPS) is 43.0. The first kappa shape index (κ1) is 19.3. The maximum atomic E-state index is 13.5. The van der Waals surface area contributed by atoms with Gasteiger partial charge in [0.15, 0.2) is 5.78 Å². The molecule has 156 valence electrons. The van der Waals surface area contributed by atoms with Crippen molar-refractivity contribution in [1.82, 2.24) is 9.78 Å². The summed E-state index contributed by atoms with van der Waals surface area (Å²) in [6, 6.07) is 0. The lowest BCUT2D eigenvalue weighted by Gasteiger charge is -2.56. The van der Waals surface area contributed by atoms with Crippen LogP contribution < -0.4 is 0 Å². The highest BCUT2D eigenvalue weighted by atomic mass is 16.3. The molecule has 4 aliphatic rings. The molecule has 0 bridgehead atoms. The molecule has 0 aliphatic heterocycles. The second-order valence-corrected chi connectivity index (χ2v) is 10.6. The SMILES string of the molecule is Cc1c(/C=C2/C[C@H]3[C@@H]4CC=C5C[C@H](O)CC[C@]5(C)[C@H]4CC[C@]3(C)C2=O)cnn1C. The van der Waals surface area contributed by atoms with E-state index in [-0.39, 0.29) is 16.9 Å². The summed E-state index contributed by atoms with van der Waals surface area (Å²) in [5, 5.41) is 14.5. The van der Waals surface area contributed by atoms with Crippen molar-refractivity contribution in [2.24, 2.45) is 35.6 Å². The van der Waals surface area contributed by atoms with Gasteiger partial charge in [0.25, 0.3) is 0 Å². The van der Waals surface area contributed by atoms with E-state index < -0.39 is 0 Å². The van der Waals surface area contributed by atoms with Gasteiger partial charge in [0, 0.05) is 23.7 Å². The number of ketones is 1. The molecule has 4 heteroatoms. The number of hydrogen-bond donors (Lipinski definition) is 1. The average molecular weight is 395 g/mol. The van der Waals surface area contributed by atoms with Gasteiger partial charge in [-0.2, -0.15) is 5.10 Å². The molecule has 1 aromatic heterocycles. The van der Waals surface area contributed by atoms with Crippen molar-refractivity contribution in [1.29, 1.82) is 0 Å². The zero-order chi connectivity index (χ0) is 20.6. The van der Waals surface area contributed by atoms with E-state index in [1.165, 1.54) is 5.57 Å². The Hall–Kier alpha value is -1.68.